The average molecular weight is 273 g/mol. The van der Waals surface area contributed by atoms with Crippen LogP contribution in [-0.4, -0.2) is 26.6 Å². The summed E-state index contributed by atoms with van der Waals surface area (Å²) < 4.78 is 1.65. The Hall–Kier alpha value is -2.70. The van der Waals surface area contributed by atoms with E-state index in [1.807, 2.05) is 6.07 Å². The van der Waals surface area contributed by atoms with Crippen molar-refractivity contribution in [2.45, 2.75) is 19.4 Å². The topological polar surface area (TPSA) is 88.9 Å². The van der Waals surface area contributed by atoms with Gasteiger partial charge in [-0.05, 0) is 18.6 Å². The molecule has 2 aromatic rings. The zero-order chi connectivity index (χ0) is 14.2. The van der Waals surface area contributed by atoms with Crippen LogP contribution in [0.3, 0.4) is 0 Å². The summed E-state index contributed by atoms with van der Waals surface area (Å²) in [6, 6.07) is 8.68. The lowest BCUT2D eigenvalue weighted by Crippen LogP contribution is -2.41. The molecular formula is C13H15N5O2. The first kappa shape index (κ1) is 13.7. The van der Waals surface area contributed by atoms with Gasteiger partial charge in [-0.15, -0.1) is 0 Å². The SMILES string of the molecule is O=C(CCCn1cncn1)NNC(=O)c1ccccc1. The Labute approximate surface area is 116 Å². The van der Waals surface area contributed by atoms with Crippen LogP contribution in [-0.2, 0) is 11.3 Å². The van der Waals surface area contributed by atoms with E-state index in [9.17, 15) is 9.59 Å². The van der Waals surface area contributed by atoms with Crippen LogP contribution < -0.4 is 10.9 Å². The van der Waals surface area contributed by atoms with Gasteiger partial charge in [0, 0.05) is 18.5 Å². The molecule has 0 saturated heterocycles. The van der Waals surface area contributed by atoms with E-state index in [2.05, 4.69) is 20.9 Å². The quantitative estimate of drug-likeness (QED) is 0.777. The van der Waals surface area contributed by atoms with Gasteiger partial charge in [-0.2, -0.15) is 5.10 Å². The van der Waals surface area contributed by atoms with E-state index in [0.717, 1.165) is 0 Å². The van der Waals surface area contributed by atoms with Crippen molar-refractivity contribution in [1.29, 1.82) is 0 Å². The summed E-state index contributed by atoms with van der Waals surface area (Å²) in [6.07, 6.45) is 3.96. The van der Waals surface area contributed by atoms with Gasteiger partial charge in [0.1, 0.15) is 12.7 Å². The van der Waals surface area contributed by atoms with E-state index >= 15 is 0 Å². The van der Waals surface area contributed by atoms with E-state index < -0.39 is 0 Å². The van der Waals surface area contributed by atoms with Crippen molar-refractivity contribution in [2.24, 2.45) is 0 Å². The Balaban J connectivity index is 1.66. The normalized spacial score (nSPS) is 10.0. The number of hydrogen-bond donors (Lipinski definition) is 2. The van der Waals surface area contributed by atoms with Crippen molar-refractivity contribution in [1.82, 2.24) is 25.6 Å². The molecule has 2 amide bonds. The highest BCUT2D eigenvalue weighted by atomic mass is 16.2. The molecule has 0 saturated carbocycles. The molecule has 1 heterocycles. The first-order valence-electron chi connectivity index (χ1n) is 6.22. The van der Waals surface area contributed by atoms with E-state index in [0.29, 0.717) is 24.9 Å². The van der Waals surface area contributed by atoms with Gasteiger partial charge in [0.2, 0.25) is 5.91 Å². The lowest BCUT2D eigenvalue weighted by atomic mass is 10.2. The summed E-state index contributed by atoms with van der Waals surface area (Å²) in [5.41, 5.74) is 5.24. The van der Waals surface area contributed by atoms with Crippen LogP contribution in [0.2, 0.25) is 0 Å². The van der Waals surface area contributed by atoms with Gasteiger partial charge in [-0.25, -0.2) is 4.98 Å². The van der Waals surface area contributed by atoms with Crippen molar-refractivity contribution in [2.75, 3.05) is 0 Å². The van der Waals surface area contributed by atoms with Gasteiger partial charge in [-0.3, -0.25) is 25.1 Å². The molecular weight excluding hydrogens is 258 g/mol. The largest absolute Gasteiger partial charge is 0.273 e. The lowest BCUT2D eigenvalue weighted by molar-refractivity contribution is -0.122. The summed E-state index contributed by atoms with van der Waals surface area (Å²) in [7, 11) is 0. The van der Waals surface area contributed by atoms with E-state index in [4.69, 9.17) is 0 Å². The van der Waals surface area contributed by atoms with Crippen molar-refractivity contribution in [3.8, 4) is 0 Å². The van der Waals surface area contributed by atoms with E-state index in [-0.39, 0.29) is 11.8 Å². The minimum atomic E-state index is -0.338. The van der Waals surface area contributed by atoms with E-state index in [1.165, 1.54) is 6.33 Å². The van der Waals surface area contributed by atoms with Crippen LogP contribution in [0.1, 0.15) is 23.2 Å². The molecule has 0 unspecified atom stereocenters. The molecule has 0 aliphatic rings. The van der Waals surface area contributed by atoms with Crippen molar-refractivity contribution < 1.29 is 9.59 Å². The number of rotatable bonds is 5. The number of hydrogen-bond acceptors (Lipinski definition) is 4. The third-order valence-electron chi connectivity index (χ3n) is 2.61. The van der Waals surface area contributed by atoms with Crippen LogP contribution in [0, 0.1) is 0 Å². The summed E-state index contributed by atoms with van der Waals surface area (Å²) in [5, 5.41) is 3.93. The molecule has 7 nitrogen and oxygen atoms in total. The minimum absolute atomic E-state index is 0.241. The number of nitrogens with zero attached hydrogens (tertiary/aromatic N) is 3. The highest BCUT2D eigenvalue weighted by Crippen LogP contribution is 1.97. The highest BCUT2D eigenvalue weighted by molar-refractivity contribution is 5.95. The Morgan fingerprint density at radius 1 is 1.15 bits per heavy atom. The number of hydrazine groups is 1. The maximum absolute atomic E-state index is 11.7. The van der Waals surface area contributed by atoms with Crippen LogP contribution in [0.15, 0.2) is 43.0 Å². The zero-order valence-corrected chi connectivity index (χ0v) is 10.8. The molecule has 2 N–H and O–H groups in total. The van der Waals surface area contributed by atoms with Gasteiger partial charge < -0.3 is 0 Å². The molecule has 0 atom stereocenters. The molecule has 0 aliphatic heterocycles. The van der Waals surface area contributed by atoms with Gasteiger partial charge in [-0.1, -0.05) is 18.2 Å². The van der Waals surface area contributed by atoms with Crippen molar-refractivity contribution >= 4 is 11.8 Å². The number of aromatic nitrogens is 3. The molecule has 20 heavy (non-hydrogen) atoms. The summed E-state index contributed by atoms with van der Waals surface area (Å²) in [6.45, 7) is 0.611. The van der Waals surface area contributed by atoms with Gasteiger partial charge in [0.05, 0.1) is 0 Å². The molecule has 7 heteroatoms. The Bertz CT molecular complexity index is 553. The van der Waals surface area contributed by atoms with Gasteiger partial charge >= 0.3 is 0 Å². The van der Waals surface area contributed by atoms with Crippen LogP contribution in [0.25, 0.3) is 0 Å². The zero-order valence-electron chi connectivity index (χ0n) is 10.8. The fourth-order valence-electron chi connectivity index (χ4n) is 1.60. The van der Waals surface area contributed by atoms with E-state index in [1.54, 1.807) is 35.3 Å². The van der Waals surface area contributed by atoms with Crippen molar-refractivity contribution in [3.05, 3.63) is 48.5 Å². The fraction of sp³-hybridized carbons (Fsp3) is 0.231. The number of nitrogens with one attached hydrogen (secondary N) is 2. The predicted molar refractivity (Wildman–Crippen MR) is 71.3 cm³/mol. The summed E-state index contributed by atoms with van der Waals surface area (Å²) >= 11 is 0. The summed E-state index contributed by atoms with van der Waals surface area (Å²) in [4.78, 5) is 27.0. The monoisotopic (exact) mass is 273 g/mol. The van der Waals surface area contributed by atoms with Gasteiger partial charge in [0.25, 0.3) is 5.91 Å². The van der Waals surface area contributed by atoms with Crippen LogP contribution >= 0.6 is 0 Å². The third-order valence-corrected chi connectivity index (χ3v) is 2.61. The lowest BCUT2D eigenvalue weighted by Gasteiger charge is -2.07. The second kappa shape index (κ2) is 7.03. The number of amides is 2. The minimum Gasteiger partial charge on any atom is -0.273 e. The van der Waals surface area contributed by atoms with Crippen LogP contribution in [0.4, 0.5) is 0 Å². The first-order valence-corrected chi connectivity index (χ1v) is 6.22. The van der Waals surface area contributed by atoms with Crippen molar-refractivity contribution in [3.63, 3.8) is 0 Å². The number of carbonyl (C=O) groups is 2. The molecule has 0 radical (unpaired) electrons. The number of aryl methyl sites for hydroxylation is 1. The maximum atomic E-state index is 11.7. The summed E-state index contributed by atoms with van der Waals surface area (Å²) in [5.74, 6) is -0.579. The first-order chi connectivity index (χ1) is 9.75. The highest BCUT2D eigenvalue weighted by Gasteiger charge is 2.06. The Morgan fingerprint density at radius 3 is 2.65 bits per heavy atom. The fourth-order valence-corrected chi connectivity index (χ4v) is 1.60. The molecule has 0 bridgehead atoms. The second-order valence-corrected chi connectivity index (χ2v) is 4.13. The van der Waals surface area contributed by atoms with Gasteiger partial charge in [0.15, 0.2) is 0 Å². The second-order valence-electron chi connectivity index (χ2n) is 4.13. The number of carbonyl (C=O) groups excluding carboxylic acids is 2. The molecule has 0 fully saturated rings. The predicted octanol–water partition coefficient (Wildman–Crippen LogP) is 0.519. The average Bonchev–Trinajstić information content (AvgIpc) is 2.99. The molecule has 0 spiro atoms. The molecule has 2 rings (SSSR count). The smallest absolute Gasteiger partial charge is 0.269 e. The molecule has 0 aliphatic carbocycles. The number of benzene rings is 1. The maximum Gasteiger partial charge on any atom is 0.269 e. The Morgan fingerprint density at radius 2 is 1.95 bits per heavy atom. The van der Waals surface area contributed by atoms with Crippen LogP contribution in [0.5, 0.6) is 0 Å². The standard InChI is InChI=1S/C13H15N5O2/c19-12(7-4-8-18-10-14-9-15-18)16-17-13(20)11-5-2-1-3-6-11/h1-3,5-6,9-10H,4,7-8H2,(H,16,19)(H,17,20). The third kappa shape index (κ3) is 4.20. The Kier molecular flexibility index (Phi) is 4.82. The molecule has 104 valence electrons. The molecule has 1 aromatic heterocycles. The molecule has 1 aromatic carbocycles.